The van der Waals surface area contributed by atoms with Crippen molar-refractivity contribution in [3.63, 3.8) is 0 Å². The predicted molar refractivity (Wildman–Crippen MR) is 116 cm³/mol. The lowest BCUT2D eigenvalue weighted by Crippen LogP contribution is -2.47. The highest BCUT2D eigenvalue weighted by Gasteiger charge is 2.27. The van der Waals surface area contributed by atoms with Crippen LogP contribution in [0.5, 0.6) is 11.5 Å². The van der Waals surface area contributed by atoms with Gasteiger partial charge in [-0.15, -0.1) is 0 Å². The zero-order chi connectivity index (χ0) is 22.7. The first-order valence-corrected chi connectivity index (χ1v) is 11.2. The summed E-state index contributed by atoms with van der Waals surface area (Å²) < 4.78 is 31.2. The van der Waals surface area contributed by atoms with E-state index in [0.717, 1.165) is 57.2 Å². The number of piperazine rings is 1. The van der Waals surface area contributed by atoms with Crippen LogP contribution in [0.3, 0.4) is 0 Å². The first-order chi connectivity index (χ1) is 15.3. The molecule has 2 fully saturated rings. The molecule has 1 saturated heterocycles. The average molecular weight is 420 g/mol. The molecule has 7 nitrogen and oxygen atoms in total. The van der Waals surface area contributed by atoms with Crippen molar-refractivity contribution in [3.05, 3.63) is 18.2 Å². The molecule has 0 spiro atoms. The van der Waals surface area contributed by atoms with E-state index in [-0.39, 0.29) is 18.1 Å². The summed E-state index contributed by atoms with van der Waals surface area (Å²) in [7, 11) is 1.56. The number of carbonyl (C=O) groups is 1. The number of carbonyl (C=O) groups excluding carboxylic acids is 1. The summed E-state index contributed by atoms with van der Waals surface area (Å²) in [4.78, 5) is 16.8. The van der Waals surface area contributed by atoms with Crippen LogP contribution in [0.15, 0.2) is 18.2 Å². The van der Waals surface area contributed by atoms with Crippen LogP contribution in [-0.4, -0.2) is 69.5 Å². The highest BCUT2D eigenvalue weighted by Crippen LogP contribution is 2.41. The van der Waals surface area contributed by atoms with Crippen molar-refractivity contribution < 1.29 is 21.7 Å². The largest absolute Gasteiger partial charge is 0.454 e. The Morgan fingerprint density at radius 3 is 2.73 bits per heavy atom. The number of methoxy groups -OCH3 is 1. The van der Waals surface area contributed by atoms with Crippen LogP contribution in [0, 0.1) is 5.92 Å². The van der Waals surface area contributed by atoms with Crippen LogP contribution in [-0.2, 0) is 9.53 Å². The SMILES string of the molecule is [2H]C1([2H])Oc2cccc(N3CCN(CCC4CCC(NC(=O)[C@@H](C)OC)CC4)CC3)c2O1. The van der Waals surface area contributed by atoms with Gasteiger partial charge in [-0.2, -0.15) is 0 Å². The standard InChI is InChI=1S/C23H35N3O4/c1-17(28-2)23(27)24-19-8-6-18(7-9-19)10-11-25-12-14-26(15-13-25)20-4-3-5-21-22(20)30-16-29-21/h3-5,17-19H,6-16H2,1-2H3,(H,24,27)/t17-,18?,19?/m1/s1/i16D2. The lowest BCUT2D eigenvalue weighted by atomic mass is 9.84. The van der Waals surface area contributed by atoms with Crippen LogP contribution >= 0.6 is 0 Å². The van der Waals surface area contributed by atoms with Crippen molar-refractivity contribution in [2.75, 3.05) is 51.5 Å². The molecule has 1 N–H and O–H groups in total. The van der Waals surface area contributed by atoms with Crippen LogP contribution in [0.2, 0.25) is 0 Å². The summed E-state index contributed by atoms with van der Waals surface area (Å²) in [6, 6.07) is 5.90. The van der Waals surface area contributed by atoms with Gasteiger partial charge in [-0.3, -0.25) is 9.69 Å². The van der Waals surface area contributed by atoms with E-state index >= 15 is 0 Å². The fourth-order valence-electron chi connectivity index (χ4n) is 4.64. The summed E-state index contributed by atoms with van der Waals surface area (Å²) in [5, 5.41) is 3.12. The van der Waals surface area contributed by atoms with Crippen LogP contribution in [0.1, 0.15) is 41.8 Å². The highest BCUT2D eigenvalue weighted by molar-refractivity contribution is 5.80. The number of rotatable bonds is 7. The molecule has 2 aliphatic heterocycles. The summed E-state index contributed by atoms with van der Waals surface area (Å²) in [5.74, 6) is 1.70. The van der Waals surface area contributed by atoms with Crippen molar-refractivity contribution in [1.82, 2.24) is 10.2 Å². The minimum atomic E-state index is -2.09. The molecule has 1 aliphatic carbocycles. The third-order valence-electron chi connectivity index (χ3n) is 6.74. The van der Waals surface area contributed by atoms with Gasteiger partial charge in [-0.25, -0.2) is 0 Å². The lowest BCUT2D eigenvalue weighted by molar-refractivity contribution is -0.131. The number of para-hydroxylation sites is 1. The van der Waals surface area contributed by atoms with Gasteiger partial charge in [0.15, 0.2) is 11.5 Å². The number of hydrogen-bond acceptors (Lipinski definition) is 6. The molecule has 166 valence electrons. The van der Waals surface area contributed by atoms with Crippen molar-refractivity contribution >= 4 is 11.6 Å². The molecule has 0 unspecified atom stereocenters. The van der Waals surface area contributed by atoms with E-state index in [9.17, 15) is 4.79 Å². The van der Waals surface area contributed by atoms with Gasteiger partial charge in [0.1, 0.15) is 8.85 Å². The van der Waals surface area contributed by atoms with E-state index in [1.54, 1.807) is 20.1 Å². The molecule has 1 aromatic rings. The number of amides is 1. The van der Waals surface area contributed by atoms with E-state index in [4.69, 9.17) is 17.0 Å². The Morgan fingerprint density at radius 1 is 1.23 bits per heavy atom. The van der Waals surface area contributed by atoms with E-state index in [0.29, 0.717) is 11.5 Å². The Bertz CT molecular complexity index is 793. The minimum Gasteiger partial charge on any atom is -0.454 e. The highest BCUT2D eigenvalue weighted by atomic mass is 16.7. The Balaban J connectivity index is 1.18. The molecule has 3 aliphatic rings. The Kier molecular flexibility index (Phi) is 6.17. The molecule has 1 saturated carbocycles. The van der Waals surface area contributed by atoms with Crippen molar-refractivity contribution in [3.8, 4) is 11.5 Å². The third kappa shape index (κ3) is 5.01. The Hall–Kier alpha value is -1.99. The normalized spacial score (nSPS) is 27.9. The smallest absolute Gasteiger partial charge is 0.249 e. The molecular weight excluding hydrogens is 382 g/mol. The van der Waals surface area contributed by atoms with Crippen LogP contribution in [0.4, 0.5) is 5.69 Å². The zero-order valence-electron chi connectivity index (χ0n) is 20.1. The third-order valence-corrected chi connectivity index (χ3v) is 6.74. The van der Waals surface area contributed by atoms with E-state index in [1.807, 2.05) is 12.1 Å². The lowest BCUT2D eigenvalue weighted by Gasteiger charge is -2.37. The maximum atomic E-state index is 12.0. The predicted octanol–water partition coefficient (Wildman–Crippen LogP) is 2.64. The summed E-state index contributed by atoms with van der Waals surface area (Å²) >= 11 is 0. The molecule has 4 rings (SSSR count). The molecule has 1 atom stereocenters. The van der Waals surface area contributed by atoms with Crippen molar-refractivity contribution in [1.29, 1.82) is 0 Å². The number of benzene rings is 1. The number of fused-ring (bicyclic) bond motifs is 1. The van der Waals surface area contributed by atoms with Gasteiger partial charge in [-0.1, -0.05) is 6.07 Å². The fraction of sp³-hybridized carbons (Fsp3) is 0.696. The topological polar surface area (TPSA) is 63.3 Å². The quantitative estimate of drug-likeness (QED) is 0.733. The van der Waals surface area contributed by atoms with Gasteiger partial charge in [-0.05, 0) is 63.6 Å². The van der Waals surface area contributed by atoms with E-state index in [2.05, 4.69) is 15.1 Å². The zero-order valence-corrected chi connectivity index (χ0v) is 18.1. The molecule has 0 radical (unpaired) electrons. The second-order valence-electron chi connectivity index (χ2n) is 8.61. The van der Waals surface area contributed by atoms with Gasteiger partial charge < -0.3 is 24.4 Å². The maximum Gasteiger partial charge on any atom is 0.249 e. The first kappa shape index (κ1) is 18.8. The molecule has 0 bridgehead atoms. The first-order valence-electron chi connectivity index (χ1n) is 12.2. The average Bonchev–Trinajstić information content (AvgIpc) is 3.12. The number of nitrogens with zero attached hydrogens (tertiary/aromatic N) is 2. The molecule has 7 heteroatoms. The van der Waals surface area contributed by atoms with Gasteiger partial charge in [0.25, 0.3) is 0 Å². The maximum absolute atomic E-state index is 12.0. The number of nitrogens with one attached hydrogen (secondary N) is 1. The minimum absolute atomic E-state index is 0.00835. The van der Waals surface area contributed by atoms with Crippen LogP contribution < -0.4 is 19.7 Å². The van der Waals surface area contributed by atoms with Gasteiger partial charge in [0, 0.05) is 39.3 Å². The van der Waals surface area contributed by atoms with Gasteiger partial charge in [0.05, 0.1) is 5.69 Å². The molecule has 30 heavy (non-hydrogen) atoms. The molecule has 0 aromatic heterocycles. The number of anilines is 1. The molecule has 2 heterocycles. The Labute approximate surface area is 182 Å². The molecule has 1 amide bonds. The van der Waals surface area contributed by atoms with Gasteiger partial charge in [0.2, 0.25) is 12.7 Å². The molecule has 1 aromatic carbocycles. The number of hydrogen-bond donors (Lipinski definition) is 1. The summed E-state index contributed by atoms with van der Waals surface area (Å²) in [5.41, 5.74) is 0.909. The second kappa shape index (κ2) is 9.88. The fourth-order valence-corrected chi connectivity index (χ4v) is 4.64. The number of ether oxygens (including phenoxy) is 3. The Morgan fingerprint density at radius 2 is 2.00 bits per heavy atom. The summed E-state index contributed by atoms with van der Waals surface area (Å²) in [6.45, 7) is 4.54. The molecular formula is C23H35N3O4. The second-order valence-corrected chi connectivity index (χ2v) is 8.61. The van der Waals surface area contributed by atoms with Crippen molar-refractivity contribution in [2.24, 2.45) is 5.92 Å². The summed E-state index contributed by atoms with van der Waals surface area (Å²) in [6.07, 6.45) is 5.25. The van der Waals surface area contributed by atoms with E-state index < -0.39 is 6.75 Å². The van der Waals surface area contributed by atoms with Crippen LogP contribution in [0.25, 0.3) is 0 Å². The monoisotopic (exact) mass is 419 g/mol. The van der Waals surface area contributed by atoms with Crippen molar-refractivity contribution in [2.45, 2.75) is 51.2 Å². The van der Waals surface area contributed by atoms with Gasteiger partial charge >= 0.3 is 0 Å². The van der Waals surface area contributed by atoms with E-state index in [1.165, 1.54) is 19.3 Å².